The molecule has 2 heteroatoms. The van der Waals surface area contributed by atoms with Crippen LogP contribution in [0.15, 0.2) is 23.8 Å². The van der Waals surface area contributed by atoms with E-state index in [1.54, 1.807) is 0 Å². The van der Waals surface area contributed by atoms with Gasteiger partial charge in [0.05, 0.1) is 0 Å². The van der Waals surface area contributed by atoms with Crippen molar-refractivity contribution >= 4 is 19.9 Å². The number of allylic oxidation sites excluding steroid dienone is 3. The molecule has 0 aliphatic rings. The molecule has 0 heterocycles. The van der Waals surface area contributed by atoms with Crippen LogP contribution in [0.1, 0.15) is 27.7 Å². The van der Waals surface area contributed by atoms with E-state index in [1.165, 1.54) is 5.57 Å². The fraction of sp³-hybridized carbons (Fsp3) is 0.636. The van der Waals surface area contributed by atoms with Crippen molar-refractivity contribution in [2.45, 2.75) is 32.4 Å². The Kier molecular flexibility index (Phi) is 4.61. The van der Waals surface area contributed by atoms with E-state index in [0.717, 1.165) is 0 Å². The van der Waals surface area contributed by atoms with Crippen LogP contribution < -0.4 is 0 Å². The maximum atomic E-state index is 6.44. The molecule has 0 aromatic carbocycles. The molecule has 0 aromatic rings. The minimum absolute atomic E-state index is 0.0792. The molecule has 0 amide bonds. The molecule has 0 bridgehead atoms. The Labute approximate surface area is 88.9 Å². The first-order chi connectivity index (χ1) is 5.77. The lowest BCUT2D eigenvalue weighted by Crippen LogP contribution is -2.25. The molecule has 0 saturated carbocycles. The third kappa shape index (κ3) is 3.07. The van der Waals surface area contributed by atoms with E-state index in [4.69, 9.17) is 10.7 Å². The molecule has 0 aliphatic heterocycles. The summed E-state index contributed by atoms with van der Waals surface area (Å²) in [5.74, 6) is 0. The number of rotatable bonds is 3. The molecule has 0 atom stereocenters. The van der Waals surface area contributed by atoms with Gasteiger partial charge in [0.2, 0.25) is 0 Å². The summed E-state index contributed by atoms with van der Waals surface area (Å²) in [6.07, 6.45) is 10.6. The molecule has 0 N–H and O–H groups in total. The van der Waals surface area contributed by atoms with Crippen molar-refractivity contribution in [2.75, 3.05) is 12.5 Å². The Morgan fingerprint density at radius 3 is 1.92 bits per heavy atom. The van der Waals surface area contributed by atoms with Crippen LogP contribution in [-0.4, -0.2) is 17.3 Å². The molecule has 13 heavy (non-hydrogen) atoms. The van der Waals surface area contributed by atoms with Gasteiger partial charge in [-0.2, -0.15) is 9.24 Å². The first-order valence-electron chi connectivity index (χ1n) is 4.49. The van der Waals surface area contributed by atoms with Gasteiger partial charge in [-0.15, -0.1) is 0 Å². The van der Waals surface area contributed by atoms with Crippen LogP contribution in [0.5, 0.6) is 0 Å². The Bertz CT molecular complexity index is 219. The molecule has 0 radical (unpaired) electrons. The van der Waals surface area contributed by atoms with E-state index in [9.17, 15) is 0 Å². The van der Waals surface area contributed by atoms with E-state index in [0.29, 0.717) is 0 Å². The quantitative estimate of drug-likeness (QED) is 0.615. The second-order valence-corrected chi connectivity index (χ2v) is 9.70. The minimum atomic E-state index is -1.08. The molecular weight excluding hydrogens is 200 g/mol. The summed E-state index contributed by atoms with van der Waals surface area (Å²) in [5, 5.41) is 0. The smallest absolute Gasteiger partial charge is 0.0310 e. The van der Waals surface area contributed by atoms with Gasteiger partial charge in [-0.1, -0.05) is 28.9 Å². The molecular formula is C11H21ClS. The monoisotopic (exact) mass is 220 g/mol. The largest absolute Gasteiger partial charge is 0.159 e. The van der Waals surface area contributed by atoms with Gasteiger partial charge in [0.15, 0.2) is 0 Å². The van der Waals surface area contributed by atoms with Gasteiger partial charge in [-0.05, 0) is 45.8 Å². The first-order valence-corrected chi connectivity index (χ1v) is 7.77. The summed E-state index contributed by atoms with van der Waals surface area (Å²) in [7, 11) is 5.36. The third-order valence-corrected chi connectivity index (χ3v) is 6.39. The van der Waals surface area contributed by atoms with Crippen molar-refractivity contribution in [3.05, 3.63) is 23.8 Å². The lowest BCUT2D eigenvalue weighted by atomic mass is 10.0. The highest BCUT2D eigenvalue weighted by Gasteiger charge is 2.32. The van der Waals surface area contributed by atoms with Crippen molar-refractivity contribution in [3.63, 3.8) is 0 Å². The maximum absolute atomic E-state index is 6.44. The van der Waals surface area contributed by atoms with Crippen molar-refractivity contribution in [1.82, 2.24) is 0 Å². The molecule has 0 fully saturated rings. The third-order valence-electron chi connectivity index (χ3n) is 2.57. The highest BCUT2D eigenvalue weighted by atomic mass is 35.7. The summed E-state index contributed by atoms with van der Waals surface area (Å²) in [6.45, 7) is 8.53. The van der Waals surface area contributed by atoms with Gasteiger partial charge >= 0.3 is 0 Å². The van der Waals surface area contributed by atoms with Crippen LogP contribution in [0.2, 0.25) is 0 Å². The lowest BCUT2D eigenvalue weighted by molar-refractivity contribution is 0.847. The van der Waals surface area contributed by atoms with Crippen molar-refractivity contribution in [1.29, 1.82) is 0 Å². The number of hydrogen-bond acceptors (Lipinski definition) is 0. The Morgan fingerprint density at radius 1 is 1.23 bits per heavy atom. The molecule has 0 saturated heterocycles. The molecule has 0 unspecified atom stereocenters. The van der Waals surface area contributed by atoms with Gasteiger partial charge in [0.1, 0.15) is 0 Å². The molecule has 0 spiro atoms. The zero-order valence-electron chi connectivity index (χ0n) is 9.52. The second-order valence-electron chi connectivity index (χ2n) is 3.96. The molecule has 78 valence electrons. The Morgan fingerprint density at radius 2 is 1.69 bits per heavy atom. The average molecular weight is 221 g/mol. The summed E-state index contributed by atoms with van der Waals surface area (Å²) in [6, 6.07) is 0. The zero-order valence-corrected chi connectivity index (χ0v) is 11.1. The number of hydrogen-bond donors (Lipinski definition) is 0. The normalized spacial score (nSPS) is 16.7. The van der Waals surface area contributed by atoms with Crippen LogP contribution in [-0.2, 0) is 0 Å². The predicted molar refractivity (Wildman–Crippen MR) is 67.9 cm³/mol. The average Bonchev–Trinajstić information content (AvgIpc) is 1.97. The molecule has 0 aliphatic carbocycles. The topological polar surface area (TPSA) is 0 Å². The SMILES string of the molecule is C/C=C\C(=C/C)C(C)(C)S(C)(C)Cl. The molecule has 0 aromatic heterocycles. The minimum Gasteiger partial charge on any atom is -0.159 e. The fourth-order valence-electron chi connectivity index (χ4n) is 1.10. The van der Waals surface area contributed by atoms with E-state index in [1.807, 2.05) is 6.92 Å². The van der Waals surface area contributed by atoms with E-state index < -0.39 is 9.24 Å². The summed E-state index contributed by atoms with van der Waals surface area (Å²) in [4.78, 5) is 0. The molecule has 0 nitrogen and oxygen atoms in total. The summed E-state index contributed by atoms with van der Waals surface area (Å²) >= 11 is 0. The van der Waals surface area contributed by atoms with Crippen LogP contribution in [0.4, 0.5) is 0 Å². The predicted octanol–water partition coefficient (Wildman–Crippen LogP) is 4.51. The van der Waals surface area contributed by atoms with Gasteiger partial charge < -0.3 is 0 Å². The van der Waals surface area contributed by atoms with Gasteiger partial charge in [-0.25, -0.2) is 0 Å². The zero-order chi connectivity index (χ0) is 10.7. The second kappa shape index (κ2) is 4.56. The van der Waals surface area contributed by atoms with E-state index in [2.05, 4.69) is 51.5 Å². The van der Waals surface area contributed by atoms with Crippen LogP contribution in [0, 0.1) is 0 Å². The van der Waals surface area contributed by atoms with E-state index >= 15 is 0 Å². The standard InChI is InChI=1S/C11H21ClS/c1-7-9-10(8-2)11(3,4)13(5,6)12/h7-9H,1-6H3/b9-7-,10-8+. The van der Waals surface area contributed by atoms with Gasteiger partial charge in [0, 0.05) is 4.75 Å². The lowest BCUT2D eigenvalue weighted by Gasteiger charge is -2.42. The van der Waals surface area contributed by atoms with Gasteiger partial charge in [-0.3, -0.25) is 0 Å². The maximum Gasteiger partial charge on any atom is 0.0310 e. The first kappa shape index (κ1) is 13.1. The van der Waals surface area contributed by atoms with Crippen molar-refractivity contribution in [3.8, 4) is 0 Å². The van der Waals surface area contributed by atoms with Crippen molar-refractivity contribution < 1.29 is 0 Å². The summed E-state index contributed by atoms with van der Waals surface area (Å²) in [5.41, 5.74) is 1.32. The van der Waals surface area contributed by atoms with Crippen LogP contribution in [0.25, 0.3) is 0 Å². The molecule has 0 rings (SSSR count). The van der Waals surface area contributed by atoms with Crippen LogP contribution in [0.3, 0.4) is 0 Å². The van der Waals surface area contributed by atoms with E-state index in [-0.39, 0.29) is 4.75 Å². The summed E-state index contributed by atoms with van der Waals surface area (Å²) < 4.78 is 0.0792. The highest BCUT2D eigenvalue weighted by molar-refractivity contribution is 8.51. The van der Waals surface area contributed by atoms with Crippen molar-refractivity contribution in [2.24, 2.45) is 0 Å². The van der Waals surface area contributed by atoms with Crippen LogP contribution >= 0.6 is 19.9 Å². The fourth-order valence-corrected chi connectivity index (χ4v) is 2.12. The Hall–Kier alpha value is 0.120. The number of halogens is 1. The Balaban J connectivity index is 5.02. The highest BCUT2D eigenvalue weighted by Crippen LogP contribution is 2.60. The van der Waals surface area contributed by atoms with Gasteiger partial charge in [0.25, 0.3) is 0 Å².